The lowest BCUT2D eigenvalue weighted by molar-refractivity contribution is 0.124. The van der Waals surface area contributed by atoms with Gasteiger partial charge in [0.05, 0.1) is 6.61 Å². The summed E-state index contributed by atoms with van der Waals surface area (Å²) in [5.74, 6) is 0.756. The van der Waals surface area contributed by atoms with Gasteiger partial charge in [-0.25, -0.2) is 5.11 Å². The minimum Gasteiger partial charge on any atom is -0.494 e. The highest BCUT2D eigenvalue weighted by molar-refractivity contribution is 5.36. The van der Waals surface area contributed by atoms with Gasteiger partial charge in [0, 0.05) is 0 Å². The van der Waals surface area contributed by atoms with Crippen LogP contribution in [0.25, 0.3) is 0 Å². The molecular formula is C17H19O2. The van der Waals surface area contributed by atoms with Gasteiger partial charge < -0.3 is 4.74 Å². The SMILES string of the molecule is CCOc1cccc(C([O])c2ccc(CC)cc2)c1. The van der Waals surface area contributed by atoms with Crippen LogP contribution in [-0.4, -0.2) is 6.61 Å². The van der Waals surface area contributed by atoms with Crippen LogP contribution in [0.4, 0.5) is 0 Å². The van der Waals surface area contributed by atoms with Crippen molar-refractivity contribution in [2.24, 2.45) is 0 Å². The van der Waals surface area contributed by atoms with E-state index in [1.807, 2.05) is 55.5 Å². The van der Waals surface area contributed by atoms with E-state index in [0.717, 1.165) is 23.3 Å². The molecular weight excluding hydrogens is 236 g/mol. The van der Waals surface area contributed by atoms with Gasteiger partial charge in [0.1, 0.15) is 11.9 Å². The number of hydrogen-bond acceptors (Lipinski definition) is 1. The zero-order chi connectivity index (χ0) is 13.7. The van der Waals surface area contributed by atoms with Gasteiger partial charge in [-0.2, -0.15) is 0 Å². The van der Waals surface area contributed by atoms with Gasteiger partial charge in [-0.1, -0.05) is 43.3 Å². The Bertz CT molecular complexity index is 517. The van der Waals surface area contributed by atoms with Gasteiger partial charge in [0.2, 0.25) is 0 Å². The molecule has 0 saturated carbocycles. The lowest BCUT2D eigenvalue weighted by atomic mass is 10.00. The molecule has 0 saturated heterocycles. The Morgan fingerprint density at radius 3 is 2.37 bits per heavy atom. The maximum Gasteiger partial charge on any atom is 0.143 e. The molecule has 19 heavy (non-hydrogen) atoms. The Balaban J connectivity index is 2.22. The Labute approximate surface area is 114 Å². The fraction of sp³-hybridized carbons (Fsp3) is 0.294. The van der Waals surface area contributed by atoms with Crippen molar-refractivity contribution < 1.29 is 9.84 Å². The highest BCUT2D eigenvalue weighted by Crippen LogP contribution is 2.26. The molecule has 0 aliphatic heterocycles. The van der Waals surface area contributed by atoms with Gasteiger partial charge in [-0.05, 0) is 42.2 Å². The standard InChI is InChI=1S/C17H19O2/c1-3-13-8-10-14(11-9-13)17(18)15-6-5-7-16(12-15)19-4-2/h5-12,17H,3-4H2,1-2H3. The maximum atomic E-state index is 12.4. The minimum absolute atomic E-state index is 0.609. The van der Waals surface area contributed by atoms with E-state index in [2.05, 4.69) is 6.92 Å². The molecule has 1 radical (unpaired) electrons. The quantitative estimate of drug-likeness (QED) is 0.788. The first-order chi connectivity index (χ1) is 9.24. The number of aryl methyl sites for hydroxylation is 1. The van der Waals surface area contributed by atoms with E-state index in [1.165, 1.54) is 5.56 Å². The van der Waals surface area contributed by atoms with E-state index in [1.54, 1.807) is 0 Å². The molecule has 2 nitrogen and oxygen atoms in total. The van der Waals surface area contributed by atoms with Crippen LogP contribution in [0.3, 0.4) is 0 Å². The highest BCUT2D eigenvalue weighted by Gasteiger charge is 2.12. The van der Waals surface area contributed by atoms with Crippen molar-refractivity contribution in [1.29, 1.82) is 0 Å². The summed E-state index contributed by atoms with van der Waals surface area (Å²) in [5, 5.41) is 12.4. The van der Waals surface area contributed by atoms with E-state index in [9.17, 15) is 5.11 Å². The van der Waals surface area contributed by atoms with E-state index >= 15 is 0 Å². The number of ether oxygens (including phenoxy) is 1. The molecule has 0 spiro atoms. The molecule has 1 atom stereocenters. The van der Waals surface area contributed by atoms with Crippen LogP contribution < -0.4 is 4.74 Å². The van der Waals surface area contributed by atoms with Crippen molar-refractivity contribution >= 4 is 0 Å². The maximum absolute atomic E-state index is 12.4. The van der Waals surface area contributed by atoms with Crippen molar-refractivity contribution in [3.05, 3.63) is 65.2 Å². The Morgan fingerprint density at radius 2 is 1.74 bits per heavy atom. The molecule has 99 valence electrons. The second-order valence-electron chi connectivity index (χ2n) is 4.48. The zero-order valence-corrected chi connectivity index (χ0v) is 11.4. The third-order valence-electron chi connectivity index (χ3n) is 3.16. The Kier molecular flexibility index (Phi) is 4.58. The van der Waals surface area contributed by atoms with Crippen LogP contribution in [0.5, 0.6) is 5.75 Å². The summed E-state index contributed by atoms with van der Waals surface area (Å²) in [5.41, 5.74) is 2.79. The molecule has 2 aromatic carbocycles. The van der Waals surface area contributed by atoms with Crippen LogP contribution in [0.1, 0.15) is 36.6 Å². The Hall–Kier alpha value is -1.80. The molecule has 0 amide bonds. The van der Waals surface area contributed by atoms with Gasteiger partial charge in [0.15, 0.2) is 0 Å². The molecule has 0 aliphatic rings. The normalized spacial score (nSPS) is 12.2. The number of benzene rings is 2. The largest absolute Gasteiger partial charge is 0.494 e. The van der Waals surface area contributed by atoms with Crippen molar-refractivity contribution in [2.45, 2.75) is 26.4 Å². The van der Waals surface area contributed by atoms with E-state index < -0.39 is 6.10 Å². The molecule has 0 bridgehead atoms. The van der Waals surface area contributed by atoms with Crippen LogP contribution >= 0.6 is 0 Å². The monoisotopic (exact) mass is 255 g/mol. The predicted octanol–water partition coefficient (Wildman–Crippen LogP) is 4.17. The lowest BCUT2D eigenvalue weighted by Crippen LogP contribution is -1.99. The molecule has 2 rings (SSSR count). The van der Waals surface area contributed by atoms with E-state index in [-0.39, 0.29) is 0 Å². The summed E-state index contributed by atoms with van der Waals surface area (Å²) in [6.07, 6.45) is 0.134. The topological polar surface area (TPSA) is 29.1 Å². The van der Waals surface area contributed by atoms with Crippen LogP contribution in [0, 0.1) is 0 Å². The van der Waals surface area contributed by atoms with Crippen LogP contribution in [0.15, 0.2) is 48.5 Å². The lowest BCUT2D eigenvalue weighted by Gasteiger charge is -2.11. The van der Waals surface area contributed by atoms with Crippen LogP contribution in [0.2, 0.25) is 0 Å². The molecule has 0 aliphatic carbocycles. The number of rotatable bonds is 5. The molecule has 1 unspecified atom stereocenters. The second kappa shape index (κ2) is 6.39. The Morgan fingerprint density at radius 1 is 1.00 bits per heavy atom. The first kappa shape index (κ1) is 13.6. The van der Waals surface area contributed by atoms with E-state index in [0.29, 0.717) is 6.61 Å². The summed E-state index contributed by atoms with van der Waals surface area (Å²) >= 11 is 0. The van der Waals surface area contributed by atoms with Crippen molar-refractivity contribution in [3.63, 3.8) is 0 Å². The fourth-order valence-electron chi connectivity index (χ4n) is 2.05. The van der Waals surface area contributed by atoms with Crippen molar-refractivity contribution in [3.8, 4) is 5.75 Å². The van der Waals surface area contributed by atoms with Crippen LogP contribution in [-0.2, 0) is 11.5 Å². The average Bonchev–Trinajstić information content (AvgIpc) is 2.47. The van der Waals surface area contributed by atoms with Crippen molar-refractivity contribution in [1.82, 2.24) is 0 Å². The third kappa shape index (κ3) is 3.36. The first-order valence-corrected chi connectivity index (χ1v) is 6.72. The van der Waals surface area contributed by atoms with Gasteiger partial charge in [0.25, 0.3) is 0 Å². The molecule has 0 aromatic heterocycles. The second-order valence-corrected chi connectivity index (χ2v) is 4.48. The smallest absolute Gasteiger partial charge is 0.143 e. The van der Waals surface area contributed by atoms with Gasteiger partial charge >= 0.3 is 0 Å². The third-order valence-corrected chi connectivity index (χ3v) is 3.16. The molecule has 2 aromatic rings. The highest BCUT2D eigenvalue weighted by atomic mass is 16.5. The summed E-state index contributed by atoms with van der Waals surface area (Å²) in [4.78, 5) is 0. The fourth-order valence-corrected chi connectivity index (χ4v) is 2.05. The average molecular weight is 255 g/mol. The molecule has 0 heterocycles. The van der Waals surface area contributed by atoms with Gasteiger partial charge in [-0.3, -0.25) is 0 Å². The predicted molar refractivity (Wildman–Crippen MR) is 76.0 cm³/mol. The minimum atomic E-state index is -0.855. The van der Waals surface area contributed by atoms with Gasteiger partial charge in [-0.15, -0.1) is 0 Å². The molecule has 2 heteroatoms. The summed E-state index contributed by atoms with van der Waals surface area (Å²) in [6.45, 7) is 4.65. The molecule has 0 N–H and O–H groups in total. The van der Waals surface area contributed by atoms with E-state index in [4.69, 9.17) is 4.74 Å². The number of hydrogen-bond donors (Lipinski definition) is 0. The van der Waals surface area contributed by atoms with Crippen molar-refractivity contribution in [2.75, 3.05) is 6.61 Å². The molecule has 0 fully saturated rings. The summed E-state index contributed by atoms with van der Waals surface area (Å²) < 4.78 is 5.43. The summed E-state index contributed by atoms with van der Waals surface area (Å²) in [6, 6.07) is 15.3. The first-order valence-electron chi connectivity index (χ1n) is 6.72. The summed E-state index contributed by atoms with van der Waals surface area (Å²) in [7, 11) is 0. The zero-order valence-electron chi connectivity index (χ0n) is 11.4.